The summed E-state index contributed by atoms with van der Waals surface area (Å²) in [5, 5.41) is 11.9. The molecule has 0 spiro atoms. The normalized spacial score (nSPS) is 11.4. The first kappa shape index (κ1) is 14.0. The highest BCUT2D eigenvalue weighted by atomic mass is 19.1. The lowest BCUT2D eigenvalue weighted by Crippen LogP contribution is -2.03. The molecule has 0 bridgehead atoms. The summed E-state index contributed by atoms with van der Waals surface area (Å²) in [6, 6.07) is 10.3. The summed E-state index contributed by atoms with van der Waals surface area (Å²) < 4.78 is 31.8. The Morgan fingerprint density at radius 1 is 1.20 bits per heavy atom. The van der Waals surface area contributed by atoms with E-state index in [1.807, 2.05) is 0 Å². The average Bonchev–Trinajstić information content (AvgIpc) is 2.46. The monoisotopic (exact) mass is 277 g/mol. The van der Waals surface area contributed by atoms with Crippen molar-refractivity contribution in [1.29, 1.82) is 0 Å². The Labute approximate surface area is 115 Å². The Bertz CT molecular complexity index is 642. The Balaban J connectivity index is 2.19. The first-order valence-corrected chi connectivity index (χ1v) is 5.96. The molecule has 0 radical (unpaired) electrons. The fourth-order valence-corrected chi connectivity index (χ4v) is 1.74. The van der Waals surface area contributed by atoms with Gasteiger partial charge in [-0.15, -0.1) is 0 Å². The SMILES string of the molecule is CC(=NO)c1ccccc1OCc1ccc(F)cc1F. The molecule has 0 heterocycles. The molecule has 0 atom stereocenters. The highest BCUT2D eigenvalue weighted by Gasteiger charge is 2.09. The van der Waals surface area contributed by atoms with Gasteiger partial charge in [0.25, 0.3) is 0 Å². The van der Waals surface area contributed by atoms with Gasteiger partial charge in [-0.1, -0.05) is 17.3 Å². The number of ether oxygens (including phenoxy) is 1. The third kappa shape index (κ3) is 3.12. The molecule has 1 N–H and O–H groups in total. The third-order valence-corrected chi connectivity index (χ3v) is 2.83. The molecule has 104 valence electrons. The van der Waals surface area contributed by atoms with Crippen molar-refractivity contribution in [2.75, 3.05) is 0 Å². The van der Waals surface area contributed by atoms with Crippen LogP contribution in [0, 0.1) is 11.6 Å². The molecular formula is C15H13F2NO2. The van der Waals surface area contributed by atoms with Crippen LogP contribution in [-0.2, 0) is 6.61 Å². The van der Waals surface area contributed by atoms with Gasteiger partial charge in [-0.2, -0.15) is 0 Å². The Morgan fingerprint density at radius 2 is 1.95 bits per heavy atom. The van der Waals surface area contributed by atoms with E-state index in [9.17, 15) is 8.78 Å². The summed E-state index contributed by atoms with van der Waals surface area (Å²) >= 11 is 0. The molecule has 20 heavy (non-hydrogen) atoms. The Hall–Kier alpha value is -2.43. The number of hydrogen-bond donors (Lipinski definition) is 1. The van der Waals surface area contributed by atoms with Crippen LogP contribution in [0.3, 0.4) is 0 Å². The topological polar surface area (TPSA) is 41.8 Å². The van der Waals surface area contributed by atoms with Crippen molar-refractivity contribution in [3.63, 3.8) is 0 Å². The fraction of sp³-hybridized carbons (Fsp3) is 0.133. The van der Waals surface area contributed by atoms with Crippen LogP contribution >= 0.6 is 0 Å². The summed E-state index contributed by atoms with van der Waals surface area (Å²) in [6.07, 6.45) is 0. The van der Waals surface area contributed by atoms with Crippen LogP contribution in [0.2, 0.25) is 0 Å². The summed E-state index contributed by atoms with van der Waals surface area (Å²) in [4.78, 5) is 0. The first-order valence-electron chi connectivity index (χ1n) is 5.96. The van der Waals surface area contributed by atoms with Crippen molar-refractivity contribution < 1.29 is 18.7 Å². The van der Waals surface area contributed by atoms with Gasteiger partial charge in [0.15, 0.2) is 0 Å². The molecule has 3 nitrogen and oxygen atoms in total. The molecule has 0 fully saturated rings. The molecule has 2 rings (SSSR count). The number of rotatable bonds is 4. The predicted octanol–water partition coefficient (Wildman–Crippen LogP) is 3.74. The first-order chi connectivity index (χ1) is 9.61. The number of halogens is 2. The van der Waals surface area contributed by atoms with E-state index in [1.165, 1.54) is 12.1 Å². The van der Waals surface area contributed by atoms with Crippen molar-refractivity contribution in [1.82, 2.24) is 0 Å². The predicted molar refractivity (Wildman–Crippen MR) is 71.1 cm³/mol. The van der Waals surface area contributed by atoms with Crippen molar-refractivity contribution in [2.24, 2.45) is 5.16 Å². The van der Waals surface area contributed by atoms with E-state index in [2.05, 4.69) is 5.16 Å². The van der Waals surface area contributed by atoms with Crippen molar-refractivity contribution in [3.8, 4) is 5.75 Å². The minimum atomic E-state index is -0.657. The standard InChI is InChI=1S/C15H13F2NO2/c1-10(18-19)13-4-2-3-5-15(13)20-9-11-6-7-12(16)8-14(11)17/h2-8,19H,9H2,1H3. The van der Waals surface area contributed by atoms with Crippen molar-refractivity contribution in [2.45, 2.75) is 13.5 Å². The van der Waals surface area contributed by atoms with Gasteiger partial charge in [0.2, 0.25) is 0 Å². The lowest BCUT2D eigenvalue weighted by atomic mass is 10.1. The molecule has 2 aromatic rings. The van der Waals surface area contributed by atoms with Crippen LogP contribution < -0.4 is 4.74 Å². The van der Waals surface area contributed by atoms with Crippen molar-refractivity contribution >= 4 is 5.71 Å². The maximum absolute atomic E-state index is 13.5. The van der Waals surface area contributed by atoms with E-state index >= 15 is 0 Å². The smallest absolute Gasteiger partial charge is 0.132 e. The summed E-state index contributed by atoms with van der Waals surface area (Å²) in [5.74, 6) is -0.823. The molecule has 0 aliphatic carbocycles. The number of para-hydroxylation sites is 1. The summed E-state index contributed by atoms with van der Waals surface area (Å²) in [6.45, 7) is 1.59. The molecule has 0 aromatic heterocycles. The van der Waals surface area contributed by atoms with Crippen LogP contribution in [0.25, 0.3) is 0 Å². The summed E-state index contributed by atoms with van der Waals surface area (Å²) in [5.41, 5.74) is 1.25. The van der Waals surface area contributed by atoms with Gasteiger partial charge in [0.05, 0.1) is 5.71 Å². The van der Waals surface area contributed by atoms with E-state index < -0.39 is 11.6 Å². The fourth-order valence-electron chi connectivity index (χ4n) is 1.74. The third-order valence-electron chi connectivity index (χ3n) is 2.83. The second-order valence-corrected chi connectivity index (χ2v) is 4.21. The zero-order valence-corrected chi connectivity index (χ0v) is 10.8. The van der Waals surface area contributed by atoms with Gasteiger partial charge in [0.1, 0.15) is 24.0 Å². The molecule has 0 unspecified atom stereocenters. The largest absolute Gasteiger partial charge is 0.488 e. The molecule has 2 aromatic carbocycles. The van der Waals surface area contributed by atoms with E-state index in [4.69, 9.17) is 9.94 Å². The maximum Gasteiger partial charge on any atom is 0.132 e. The molecule has 0 aliphatic heterocycles. The van der Waals surface area contributed by atoms with Gasteiger partial charge in [-0.25, -0.2) is 8.78 Å². The Morgan fingerprint density at radius 3 is 2.65 bits per heavy atom. The minimum Gasteiger partial charge on any atom is -0.488 e. The quantitative estimate of drug-likeness (QED) is 0.525. The van der Waals surface area contributed by atoms with Crippen LogP contribution in [-0.4, -0.2) is 10.9 Å². The number of benzene rings is 2. The molecule has 0 amide bonds. The Kier molecular flexibility index (Phi) is 4.30. The molecule has 5 heteroatoms. The molecule has 0 saturated heterocycles. The highest BCUT2D eigenvalue weighted by Crippen LogP contribution is 2.21. The van der Waals surface area contributed by atoms with Gasteiger partial charge in [-0.05, 0) is 31.2 Å². The number of nitrogens with zero attached hydrogens (tertiary/aromatic N) is 1. The van der Waals surface area contributed by atoms with E-state index in [1.54, 1.807) is 31.2 Å². The molecule has 0 aliphatic rings. The average molecular weight is 277 g/mol. The number of hydrogen-bond acceptors (Lipinski definition) is 3. The summed E-state index contributed by atoms with van der Waals surface area (Å²) in [7, 11) is 0. The highest BCUT2D eigenvalue weighted by molar-refractivity contribution is 6.00. The van der Waals surface area contributed by atoms with Gasteiger partial charge < -0.3 is 9.94 Å². The second-order valence-electron chi connectivity index (χ2n) is 4.21. The van der Waals surface area contributed by atoms with E-state index in [0.717, 1.165) is 6.07 Å². The van der Waals surface area contributed by atoms with E-state index in [-0.39, 0.29) is 12.2 Å². The lowest BCUT2D eigenvalue weighted by molar-refractivity contribution is 0.297. The van der Waals surface area contributed by atoms with E-state index in [0.29, 0.717) is 17.0 Å². The maximum atomic E-state index is 13.5. The zero-order chi connectivity index (χ0) is 14.5. The number of oxime groups is 1. The zero-order valence-electron chi connectivity index (χ0n) is 10.8. The van der Waals surface area contributed by atoms with Crippen LogP contribution in [0.5, 0.6) is 5.75 Å². The molecular weight excluding hydrogens is 264 g/mol. The second kappa shape index (κ2) is 6.14. The minimum absolute atomic E-state index is 0.0398. The van der Waals surface area contributed by atoms with Gasteiger partial charge in [0, 0.05) is 17.2 Å². The van der Waals surface area contributed by atoms with Crippen LogP contribution in [0.1, 0.15) is 18.1 Å². The molecule has 0 saturated carbocycles. The van der Waals surface area contributed by atoms with Gasteiger partial charge >= 0.3 is 0 Å². The van der Waals surface area contributed by atoms with Gasteiger partial charge in [-0.3, -0.25) is 0 Å². The lowest BCUT2D eigenvalue weighted by Gasteiger charge is -2.11. The van der Waals surface area contributed by atoms with Crippen LogP contribution in [0.4, 0.5) is 8.78 Å². The van der Waals surface area contributed by atoms with Crippen molar-refractivity contribution in [3.05, 3.63) is 65.2 Å². The van der Waals surface area contributed by atoms with Crippen LogP contribution in [0.15, 0.2) is 47.6 Å².